The van der Waals surface area contributed by atoms with Crippen molar-refractivity contribution < 1.29 is 28.7 Å². The molecule has 2 atom stereocenters. The predicted octanol–water partition coefficient (Wildman–Crippen LogP) is 4.69. The normalized spacial score (nSPS) is 13.1. The van der Waals surface area contributed by atoms with Gasteiger partial charge in [-0.15, -0.1) is 0 Å². The molecule has 0 saturated carbocycles. The van der Waals surface area contributed by atoms with Crippen molar-refractivity contribution in [2.45, 2.75) is 33.0 Å². The first-order chi connectivity index (χ1) is 17.7. The maximum absolute atomic E-state index is 13.9. The van der Waals surface area contributed by atoms with Crippen LogP contribution in [0.4, 0.5) is 0 Å². The molecule has 1 heterocycles. The Morgan fingerprint density at radius 2 is 1.32 bits per heavy atom. The van der Waals surface area contributed by atoms with Gasteiger partial charge in [-0.1, -0.05) is 78.1 Å². The third-order valence-electron chi connectivity index (χ3n) is 5.40. The van der Waals surface area contributed by atoms with Crippen molar-refractivity contribution in [3.8, 4) is 0 Å². The van der Waals surface area contributed by atoms with E-state index in [1.165, 1.54) is 18.4 Å². The SMILES string of the molecule is CC(=O)O[C@H](C(=O)N=c1sc2cc(C)ccc2n1C(=O)[C@@H](OC(C)=O)c1ccccc1)c1ccccc1. The lowest BCUT2D eigenvalue weighted by Gasteiger charge is -2.17. The summed E-state index contributed by atoms with van der Waals surface area (Å²) in [5.74, 6) is -2.62. The van der Waals surface area contributed by atoms with Crippen molar-refractivity contribution in [2.24, 2.45) is 4.99 Å². The van der Waals surface area contributed by atoms with E-state index in [2.05, 4.69) is 4.99 Å². The summed E-state index contributed by atoms with van der Waals surface area (Å²) < 4.78 is 12.7. The molecule has 0 bridgehead atoms. The van der Waals surface area contributed by atoms with Crippen LogP contribution in [0.2, 0.25) is 0 Å². The maximum Gasteiger partial charge on any atom is 0.303 e. The van der Waals surface area contributed by atoms with Gasteiger partial charge in [-0.25, -0.2) is 0 Å². The van der Waals surface area contributed by atoms with E-state index in [-0.39, 0.29) is 4.80 Å². The van der Waals surface area contributed by atoms with Crippen molar-refractivity contribution in [1.82, 2.24) is 4.57 Å². The second kappa shape index (κ2) is 11.1. The Bertz CT molecular complexity index is 1540. The third-order valence-corrected chi connectivity index (χ3v) is 6.40. The van der Waals surface area contributed by atoms with E-state index in [0.29, 0.717) is 21.3 Å². The number of carbonyl (C=O) groups excluding carboxylic acids is 4. The lowest BCUT2D eigenvalue weighted by atomic mass is 10.1. The average Bonchev–Trinajstić information content (AvgIpc) is 3.22. The van der Waals surface area contributed by atoms with Gasteiger partial charge in [0.2, 0.25) is 17.0 Å². The molecule has 0 spiro atoms. The summed E-state index contributed by atoms with van der Waals surface area (Å²) in [5.41, 5.74) is 2.38. The summed E-state index contributed by atoms with van der Waals surface area (Å²) >= 11 is 1.13. The van der Waals surface area contributed by atoms with E-state index in [0.717, 1.165) is 16.9 Å². The topological polar surface area (TPSA) is 104 Å². The number of carbonyl (C=O) groups is 4. The summed E-state index contributed by atoms with van der Waals surface area (Å²) in [6.07, 6.45) is -2.54. The molecule has 0 aliphatic carbocycles. The monoisotopic (exact) mass is 516 g/mol. The zero-order valence-electron chi connectivity index (χ0n) is 20.4. The van der Waals surface area contributed by atoms with E-state index in [9.17, 15) is 19.2 Å². The van der Waals surface area contributed by atoms with Crippen LogP contribution in [-0.4, -0.2) is 28.3 Å². The fourth-order valence-corrected chi connectivity index (χ4v) is 4.92. The van der Waals surface area contributed by atoms with Crippen LogP contribution in [0.5, 0.6) is 0 Å². The van der Waals surface area contributed by atoms with Crippen molar-refractivity contribution in [2.75, 3.05) is 0 Å². The molecule has 0 N–H and O–H groups in total. The maximum atomic E-state index is 13.9. The van der Waals surface area contributed by atoms with Crippen LogP contribution in [0.25, 0.3) is 10.2 Å². The van der Waals surface area contributed by atoms with Gasteiger partial charge in [0.1, 0.15) is 0 Å². The number of hydrogen-bond acceptors (Lipinski definition) is 7. The summed E-state index contributed by atoms with van der Waals surface area (Å²) in [6.45, 7) is 4.34. The molecule has 1 amide bonds. The Hall–Kier alpha value is -4.37. The minimum atomic E-state index is -1.28. The van der Waals surface area contributed by atoms with Gasteiger partial charge in [0.25, 0.3) is 11.8 Å². The summed E-state index contributed by atoms with van der Waals surface area (Å²) in [4.78, 5) is 55.2. The van der Waals surface area contributed by atoms with Gasteiger partial charge in [0.05, 0.1) is 10.2 Å². The Morgan fingerprint density at radius 3 is 1.89 bits per heavy atom. The molecule has 0 fully saturated rings. The quantitative estimate of drug-likeness (QED) is 0.345. The van der Waals surface area contributed by atoms with Crippen LogP contribution < -0.4 is 4.80 Å². The highest BCUT2D eigenvalue weighted by atomic mass is 32.1. The largest absolute Gasteiger partial charge is 0.447 e. The number of esters is 2. The van der Waals surface area contributed by atoms with Gasteiger partial charge in [0, 0.05) is 25.0 Å². The number of fused-ring (bicyclic) bond motifs is 1. The van der Waals surface area contributed by atoms with Crippen LogP contribution in [-0.2, 0) is 23.9 Å². The Balaban J connectivity index is 1.89. The predicted molar refractivity (Wildman–Crippen MR) is 138 cm³/mol. The first kappa shape index (κ1) is 25.7. The molecule has 188 valence electrons. The fraction of sp³-hybridized carbons (Fsp3) is 0.179. The van der Waals surface area contributed by atoms with Crippen molar-refractivity contribution in [3.63, 3.8) is 0 Å². The average molecular weight is 517 g/mol. The lowest BCUT2D eigenvalue weighted by Crippen LogP contribution is -2.31. The fourth-order valence-electron chi connectivity index (χ4n) is 3.80. The van der Waals surface area contributed by atoms with Crippen LogP contribution in [0.1, 0.15) is 47.5 Å². The number of aryl methyl sites for hydroxylation is 1. The number of ether oxygens (including phenoxy) is 2. The van der Waals surface area contributed by atoms with Crippen LogP contribution in [0, 0.1) is 6.92 Å². The highest BCUT2D eigenvalue weighted by molar-refractivity contribution is 7.16. The van der Waals surface area contributed by atoms with Crippen molar-refractivity contribution in [3.05, 3.63) is 100 Å². The third kappa shape index (κ3) is 5.90. The molecule has 37 heavy (non-hydrogen) atoms. The number of hydrogen-bond donors (Lipinski definition) is 0. The summed E-state index contributed by atoms with van der Waals surface area (Å²) in [5, 5.41) is 0. The van der Waals surface area contributed by atoms with Crippen LogP contribution in [0.3, 0.4) is 0 Å². The minimum absolute atomic E-state index is 0.0665. The Labute approximate surface area is 216 Å². The molecule has 4 rings (SSSR count). The second-order valence-corrected chi connectivity index (χ2v) is 9.29. The van der Waals surface area contributed by atoms with E-state index in [1.54, 1.807) is 66.7 Å². The number of aromatic nitrogens is 1. The second-order valence-electron chi connectivity index (χ2n) is 8.28. The minimum Gasteiger partial charge on any atom is -0.447 e. The smallest absolute Gasteiger partial charge is 0.303 e. The van der Waals surface area contributed by atoms with Gasteiger partial charge >= 0.3 is 11.9 Å². The molecule has 0 aliphatic heterocycles. The molecule has 8 nitrogen and oxygen atoms in total. The van der Waals surface area contributed by atoms with E-state index in [4.69, 9.17) is 9.47 Å². The lowest BCUT2D eigenvalue weighted by molar-refractivity contribution is -0.153. The first-order valence-corrected chi connectivity index (χ1v) is 12.3. The van der Waals surface area contributed by atoms with E-state index < -0.39 is 36.0 Å². The highest BCUT2D eigenvalue weighted by Gasteiger charge is 2.29. The number of thiazole rings is 1. The highest BCUT2D eigenvalue weighted by Crippen LogP contribution is 2.25. The van der Waals surface area contributed by atoms with Gasteiger partial charge < -0.3 is 9.47 Å². The van der Waals surface area contributed by atoms with Gasteiger partial charge in [-0.3, -0.25) is 23.7 Å². The summed E-state index contributed by atoms with van der Waals surface area (Å²) in [7, 11) is 0. The zero-order chi connectivity index (χ0) is 26.5. The molecule has 0 unspecified atom stereocenters. The molecule has 9 heteroatoms. The number of rotatable bonds is 6. The molecule has 1 aromatic heterocycles. The van der Waals surface area contributed by atoms with Crippen LogP contribution in [0.15, 0.2) is 83.9 Å². The van der Waals surface area contributed by atoms with Gasteiger partial charge in [-0.05, 0) is 24.6 Å². The molecule has 0 saturated heterocycles. The molecular formula is C28H24N2O6S. The van der Waals surface area contributed by atoms with E-state index in [1.807, 2.05) is 19.1 Å². The Morgan fingerprint density at radius 1 is 0.784 bits per heavy atom. The molecule has 4 aromatic rings. The number of amides is 1. The molecular weight excluding hydrogens is 492 g/mol. The zero-order valence-corrected chi connectivity index (χ0v) is 21.2. The van der Waals surface area contributed by atoms with E-state index >= 15 is 0 Å². The first-order valence-electron chi connectivity index (χ1n) is 11.4. The molecule has 3 aromatic carbocycles. The Kier molecular flexibility index (Phi) is 7.74. The van der Waals surface area contributed by atoms with Gasteiger partial charge in [-0.2, -0.15) is 4.99 Å². The van der Waals surface area contributed by atoms with Crippen LogP contribution >= 0.6 is 11.3 Å². The molecule has 0 aliphatic rings. The summed E-state index contributed by atoms with van der Waals surface area (Å²) in [6, 6.07) is 22.6. The number of benzene rings is 3. The standard InChI is InChI=1S/C28H24N2O6S/c1-17-14-15-22-23(16-17)37-28(29-26(33)24(35-18(2)31)20-10-6-4-7-11-20)30(22)27(34)25(36-19(3)32)21-12-8-5-9-13-21/h4-16,24-25H,1-3H3/t24-,25-/m0/s1. The van der Waals surface area contributed by atoms with Gasteiger partial charge in [0.15, 0.2) is 0 Å². The molecule has 0 radical (unpaired) electrons. The van der Waals surface area contributed by atoms with Crippen molar-refractivity contribution in [1.29, 1.82) is 0 Å². The number of nitrogens with zero attached hydrogens (tertiary/aromatic N) is 2. The van der Waals surface area contributed by atoms with Crippen molar-refractivity contribution >= 4 is 45.3 Å².